The van der Waals surface area contributed by atoms with Crippen LogP contribution in [-0.4, -0.2) is 66.5 Å². The Bertz CT molecular complexity index is 291. The van der Waals surface area contributed by atoms with E-state index in [-0.39, 0.29) is 30.3 Å². The standard InChI is InChI=1S/C11H21N3O2S.ClH/c1-4-10(15)14-8-17-7-9(14)11(16)13(3)6-5-12-2;/h9,12H,4-8H2,1-3H3;1H. The molecule has 18 heavy (non-hydrogen) atoms. The predicted molar refractivity (Wildman–Crippen MR) is 77.1 cm³/mol. The third kappa shape index (κ3) is 4.33. The lowest BCUT2D eigenvalue weighted by Gasteiger charge is -2.27. The Kier molecular flexibility index (Phi) is 8.39. The predicted octanol–water partition coefficient (Wildman–Crippen LogP) is 0.397. The molecule has 2 amide bonds. The molecule has 0 aliphatic carbocycles. The van der Waals surface area contributed by atoms with Crippen molar-refractivity contribution in [1.82, 2.24) is 15.1 Å². The number of amides is 2. The van der Waals surface area contributed by atoms with Gasteiger partial charge >= 0.3 is 0 Å². The highest BCUT2D eigenvalue weighted by Gasteiger charge is 2.35. The molecular formula is C11H22ClN3O2S. The van der Waals surface area contributed by atoms with E-state index in [1.807, 2.05) is 14.0 Å². The zero-order valence-electron chi connectivity index (χ0n) is 11.1. The summed E-state index contributed by atoms with van der Waals surface area (Å²) in [4.78, 5) is 27.3. The van der Waals surface area contributed by atoms with Gasteiger partial charge in [-0.1, -0.05) is 6.92 Å². The molecule has 1 N–H and O–H groups in total. The molecule has 0 aromatic heterocycles. The van der Waals surface area contributed by atoms with Gasteiger partial charge in [-0.2, -0.15) is 0 Å². The molecule has 7 heteroatoms. The number of likely N-dealkylation sites (N-methyl/N-ethyl adjacent to an activating group) is 2. The van der Waals surface area contributed by atoms with Crippen LogP contribution in [0.15, 0.2) is 0 Å². The molecule has 106 valence electrons. The Balaban J connectivity index is 0.00000289. The number of hydrogen-bond donors (Lipinski definition) is 1. The highest BCUT2D eigenvalue weighted by Crippen LogP contribution is 2.22. The van der Waals surface area contributed by atoms with E-state index in [2.05, 4.69) is 5.32 Å². The van der Waals surface area contributed by atoms with Crippen molar-refractivity contribution in [3.63, 3.8) is 0 Å². The van der Waals surface area contributed by atoms with Crippen molar-refractivity contribution in [2.24, 2.45) is 0 Å². The lowest BCUT2D eigenvalue weighted by atomic mass is 10.2. The number of nitrogens with one attached hydrogen (secondary N) is 1. The van der Waals surface area contributed by atoms with Gasteiger partial charge < -0.3 is 15.1 Å². The number of nitrogens with zero attached hydrogens (tertiary/aromatic N) is 2. The molecule has 1 rings (SSSR count). The molecule has 0 aromatic carbocycles. The number of hydrogen-bond acceptors (Lipinski definition) is 4. The largest absolute Gasteiger partial charge is 0.343 e. The smallest absolute Gasteiger partial charge is 0.246 e. The van der Waals surface area contributed by atoms with Gasteiger partial charge in [-0.15, -0.1) is 24.2 Å². The quantitative estimate of drug-likeness (QED) is 0.798. The van der Waals surface area contributed by atoms with Gasteiger partial charge in [-0.25, -0.2) is 0 Å². The van der Waals surface area contributed by atoms with Crippen LogP contribution < -0.4 is 5.32 Å². The lowest BCUT2D eigenvalue weighted by Crippen LogP contribution is -2.48. The van der Waals surface area contributed by atoms with Crippen LogP contribution in [0.4, 0.5) is 0 Å². The third-order valence-corrected chi connectivity index (χ3v) is 3.88. The fourth-order valence-corrected chi connectivity index (χ4v) is 2.91. The first kappa shape index (κ1) is 17.5. The summed E-state index contributed by atoms with van der Waals surface area (Å²) in [6.45, 7) is 3.27. The second-order valence-electron chi connectivity index (χ2n) is 4.10. The Morgan fingerprint density at radius 2 is 2.17 bits per heavy atom. The summed E-state index contributed by atoms with van der Waals surface area (Å²) >= 11 is 1.65. The zero-order valence-corrected chi connectivity index (χ0v) is 12.8. The molecular weight excluding hydrogens is 274 g/mol. The monoisotopic (exact) mass is 295 g/mol. The van der Waals surface area contributed by atoms with Gasteiger partial charge in [0, 0.05) is 32.3 Å². The van der Waals surface area contributed by atoms with Gasteiger partial charge in [0.05, 0.1) is 5.88 Å². The van der Waals surface area contributed by atoms with E-state index in [0.717, 1.165) is 6.54 Å². The Morgan fingerprint density at radius 3 is 2.72 bits per heavy atom. The average Bonchev–Trinajstić information content (AvgIpc) is 2.82. The summed E-state index contributed by atoms with van der Waals surface area (Å²) in [6.07, 6.45) is 0.463. The fourth-order valence-electron chi connectivity index (χ4n) is 1.74. The Hall–Kier alpha value is -0.460. The second-order valence-corrected chi connectivity index (χ2v) is 5.10. The molecule has 1 atom stereocenters. The van der Waals surface area contributed by atoms with Crippen molar-refractivity contribution in [2.75, 3.05) is 38.8 Å². The molecule has 0 saturated carbocycles. The van der Waals surface area contributed by atoms with E-state index in [1.165, 1.54) is 0 Å². The lowest BCUT2D eigenvalue weighted by molar-refractivity contribution is -0.142. The Labute approximate surface area is 119 Å². The van der Waals surface area contributed by atoms with E-state index in [4.69, 9.17) is 0 Å². The second kappa shape index (κ2) is 8.61. The highest BCUT2D eigenvalue weighted by atomic mass is 35.5. The fraction of sp³-hybridized carbons (Fsp3) is 0.818. The molecule has 1 heterocycles. The van der Waals surface area contributed by atoms with Crippen molar-refractivity contribution in [1.29, 1.82) is 0 Å². The molecule has 1 saturated heterocycles. The van der Waals surface area contributed by atoms with Crippen LogP contribution >= 0.6 is 24.2 Å². The van der Waals surface area contributed by atoms with Crippen LogP contribution in [0.1, 0.15) is 13.3 Å². The molecule has 1 fully saturated rings. The minimum Gasteiger partial charge on any atom is -0.343 e. The first-order valence-corrected chi connectivity index (χ1v) is 7.04. The Morgan fingerprint density at radius 1 is 1.50 bits per heavy atom. The summed E-state index contributed by atoms with van der Waals surface area (Å²) in [7, 11) is 3.65. The van der Waals surface area contributed by atoms with E-state index in [9.17, 15) is 9.59 Å². The van der Waals surface area contributed by atoms with Crippen molar-refractivity contribution in [2.45, 2.75) is 19.4 Å². The molecule has 1 aliphatic rings. The average molecular weight is 296 g/mol. The van der Waals surface area contributed by atoms with Gasteiger partial charge in [0.25, 0.3) is 0 Å². The maximum absolute atomic E-state index is 12.2. The van der Waals surface area contributed by atoms with E-state index >= 15 is 0 Å². The van der Waals surface area contributed by atoms with Crippen LogP contribution in [0.3, 0.4) is 0 Å². The maximum Gasteiger partial charge on any atom is 0.246 e. The van der Waals surface area contributed by atoms with Gasteiger partial charge in [0.2, 0.25) is 11.8 Å². The molecule has 0 spiro atoms. The molecule has 0 aromatic rings. The van der Waals surface area contributed by atoms with Crippen molar-refractivity contribution in [3.8, 4) is 0 Å². The zero-order chi connectivity index (χ0) is 12.8. The van der Waals surface area contributed by atoms with Crippen LogP contribution in [0, 0.1) is 0 Å². The number of carbonyl (C=O) groups is 2. The van der Waals surface area contributed by atoms with Crippen molar-refractivity contribution in [3.05, 3.63) is 0 Å². The van der Waals surface area contributed by atoms with Crippen LogP contribution in [-0.2, 0) is 9.59 Å². The molecule has 0 bridgehead atoms. The topological polar surface area (TPSA) is 52.7 Å². The summed E-state index contributed by atoms with van der Waals surface area (Å²) in [5.74, 6) is 1.47. The molecule has 1 unspecified atom stereocenters. The van der Waals surface area contributed by atoms with Gasteiger partial charge in [-0.05, 0) is 7.05 Å². The highest BCUT2D eigenvalue weighted by molar-refractivity contribution is 7.99. The minimum absolute atomic E-state index is 0. The van der Waals surface area contributed by atoms with Crippen LogP contribution in [0.25, 0.3) is 0 Å². The van der Waals surface area contributed by atoms with Crippen LogP contribution in [0.2, 0.25) is 0 Å². The summed E-state index contributed by atoms with van der Waals surface area (Å²) in [5, 5.41) is 3.01. The molecule has 0 radical (unpaired) electrons. The summed E-state index contributed by atoms with van der Waals surface area (Å²) in [5.41, 5.74) is 0. The third-order valence-electron chi connectivity index (χ3n) is 2.86. The summed E-state index contributed by atoms with van der Waals surface area (Å²) in [6, 6.07) is -0.269. The number of rotatable bonds is 5. The van der Waals surface area contributed by atoms with Crippen LogP contribution in [0.5, 0.6) is 0 Å². The van der Waals surface area contributed by atoms with E-state index < -0.39 is 0 Å². The van der Waals surface area contributed by atoms with E-state index in [1.54, 1.807) is 28.6 Å². The number of halogens is 1. The van der Waals surface area contributed by atoms with E-state index in [0.29, 0.717) is 24.6 Å². The van der Waals surface area contributed by atoms with Gasteiger partial charge in [0.1, 0.15) is 6.04 Å². The normalized spacial score (nSPS) is 18.4. The molecule has 5 nitrogen and oxygen atoms in total. The maximum atomic E-state index is 12.2. The summed E-state index contributed by atoms with van der Waals surface area (Å²) < 4.78 is 0. The number of carbonyl (C=O) groups excluding carboxylic acids is 2. The minimum atomic E-state index is -0.269. The van der Waals surface area contributed by atoms with Gasteiger partial charge in [0.15, 0.2) is 0 Å². The first-order chi connectivity index (χ1) is 8.11. The van der Waals surface area contributed by atoms with Crippen molar-refractivity contribution < 1.29 is 9.59 Å². The van der Waals surface area contributed by atoms with Crippen molar-refractivity contribution >= 4 is 36.0 Å². The molecule has 1 aliphatic heterocycles. The number of thioether (sulfide) groups is 1. The first-order valence-electron chi connectivity index (χ1n) is 5.88. The van der Waals surface area contributed by atoms with Gasteiger partial charge in [-0.3, -0.25) is 9.59 Å². The SMILES string of the molecule is CCC(=O)N1CSCC1C(=O)N(C)CCNC.Cl.